The highest BCUT2D eigenvalue weighted by atomic mass is 15.3. The fourth-order valence-electron chi connectivity index (χ4n) is 2.87. The van der Waals surface area contributed by atoms with Crippen molar-refractivity contribution in [2.24, 2.45) is 5.84 Å². The number of nitrogens with zero attached hydrogens (tertiary/aromatic N) is 2. The highest BCUT2D eigenvalue weighted by molar-refractivity contribution is 5.37. The Labute approximate surface area is 108 Å². The van der Waals surface area contributed by atoms with E-state index < -0.39 is 0 Å². The molecule has 0 spiro atoms. The predicted octanol–water partition coefficient (Wildman–Crippen LogP) is 3.08. The molecule has 4 nitrogen and oxygen atoms in total. The van der Waals surface area contributed by atoms with Gasteiger partial charge in [-0.1, -0.05) is 25.7 Å². The molecule has 0 unspecified atom stereocenters. The van der Waals surface area contributed by atoms with Crippen LogP contribution in [-0.4, -0.2) is 9.97 Å². The van der Waals surface area contributed by atoms with Crippen molar-refractivity contribution in [1.82, 2.24) is 9.97 Å². The first-order chi connectivity index (χ1) is 8.86. The van der Waals surface area contributed by atoms with Crippen molar-refractivity contribution in [3.63, 3.8) is 0 Å². The maximum atomic E-state index is 5.53. The minimum absolute atomic E-state index is 0.540. The van der Waals surface area contributed by atoms with Crippen LogP contribution in [0.5, 0.6) is 0 Å². The molecule has 2 saturated carbocycles. The molecule has 0 aliphatic heterocycles. The van der Waals surface area contributed by atoms with E-state index in [2.05, 4.69) is 10.4 Å². The molecule has 98 valence electrons. The molecule has 2 aliphatic rings. The fourth-order valence-corrected chi connectivity index (χ4v) is 2.87. The van der Waals surface area contributed by atoms with Gasteiger partial charge in [-0.25, -0.2) is 15.8 Å². The van der Waals surface area contributed by atoms with Crippen LogP contribution >= 0.6 is 0 Å². The monoisotopic (exact) mass is 246 g/mol. The largest absolute Gasteiger partial charge is 0.308 e. The van der Waals surface area contributed by atoms with Crippen LogP contribution in [0, 0.1) is 0 Å². The SMILES string of the molecule is NNc1cc(C2CC2)nc(C2CCCCCC2)n1. The third-order valence-corrected chi connectivity index (χ3v) is 4.13. The summed E-state index contributed by atoms with van der Waals surface area (Å²) in [5, 5.41) is 0. The summed E-state index contributed by atoms with van der Waals surface area (Å²) in [7, 11) is 0. The van der Waals surface area contributed by atoms with E-state index in [-0.39, 0.29) is 0 Å². The molecule has 3 N–H and O–H groups in total. The van der Waals surface area contributed by atoms with E-state index in [4.69, 9.17) is 10.8 Å². The van der Waals surface area contributed by atoms with E-state index in [1.165, 1.54) is 57.1 Å². The molecule has 1 heterocycles. The highest BCUT2D eigenvalue weighted by Crippen LogP contribution is 2.40. The number of aromatic nitrogens is 2. The van der Waals surface area contributed by atoms with Crippen molar-refractivity contribution in [3.05, 3.63) is 17.6 Å². The van der Waals surface area contributed by atoms with Crippen LogP contribution in [0.25, 0.3) is 0 Å². The lowest BCUT2D eigenvalue weighted by atomic mass is 9.99. The standard InChI is InChI=1S/C14H22N4/c15-18-13-9-12(10-7-8-10)16-14(17-13)11-5-3-1-2-4-6-11/h9-11H,1-8,15H2,(H,16,17,18). The zero-order chi connectivity index (χ0) is 12.4. The minimum atomic E-state index is 0.540. The van der Waals surface area contributed by atoms with Crippen LogP contribution in [0.2, 0.25) is 0 Å². The maximum Gasteiger partial charge on any atom is 0.143 e. The molecule has 0 saturated heterocycles. The van der Waals surface area contributed by atoms with E-state index >= 15 is 0 Å². The predicted molar refractivity (Wildman–Crippen MR) is 72.3 cm³/mol. The summed E-state index contributed by atoms with van der Waals surface area (Å²) in [5.74, 6) is 8.53. The second kappa shape index (κ2) is 5.22. The first-order valence-electron chi connectivity index (χ1n) is 7.22. The van der Waals surface area contributed by atoms with Gasteiger partial charge in [0.25, 0.3) is 0 Å². The summed E-state index contributed by atoms with van der Waals surface area (Å²) in [5.41, 5.74) is 3.89. The van der Waals surface area contributed by atoms with Crippen molar-refractivity contribution >= 4 is 5.82 Å². The average molecular weight is 246 g/mol. The molecule has 3 rings (SSSR count). The van der Waals surface area contributed by atoms with Gasteiger partial charge in [-0.05, 0) is 25.7 Å². The Morgan fingerprint density at radius 2 is 1.67 bits per heavy atom. The summed E-state index contributed by atoms with van der Waals surface area (Å²) in [6.45, 7) is 0. The molecule has 18 heavy (non-hydrogen) atoms. The minimum Gasteiger partial charge on any atom is -0.308 e. The van der Waals surface area contributed by atoms with Crippen LogP contribution in [0.1, 0.15) is 74.7 Å². The Hall–Kier alpha value is -1.16. The third-order valence-electron chi connectivity index (χ3n) is 4.13. The van der Waals surface area contributed by atoms with E-state index in [0.29, 0.717) is 11.8 Å². The summed E-state index contributed by atoms with van der Waals surface area (Å²) < 4.78 is 0. The molecular formula is C14H22N4. The van der Waals surface area contributed by atoms with Gasteiger partial charge in [-0.2, -0.15) is 0 Å². The van der Waals surface area contributed by atoms with Crippen LogP contribution in [0.4, 0.5) is 5.82 Å². The number of rotatable bonds is 3. The molecule has 1 aromatic rings. The zero-order valence-electron chi connectivity index (χ0n) is 10.9. The van der Waals surface area contributed by atoms with Crippen molar-refractivity contribution in [2.45, 2.75) is 63.2 Å². The van der Waals surface area contributed by atoms with Gasteiger partial charge in [0.15, 0.2) is 0 Å². The van der Waals surface area contributed by atoms with Crippen molar-refractivity contribution in [2.75, 3.05) is 5.43 Å². The molecule has 1 aromatic heterocycles. The summed E-state index contributed by atoms with van der Waals surface area (Å²) in [4.78, 5) is 9.38. The molecule has 2 fully saturated rings. The fraction of sp³-hybridized carbons (Fsp3) is 0.714. The van der Waals surface area contributed by atoms with Gasteiger partial charge in [-0.15, -0.1) is 0 Å². The first-order valence-corrected chi connectivity index (χ1v) is 7.22. The van der Waals surface area contributed by atoms with Crippen molar-refractivity contribution in [3.8, 4) is 0 Å². The highest BCUT2D eigenvalue weighted by Gasteiger charge is 2.27. The lowest BCUT2D eigenvalue weighted by Gasteiger charge is -2.14. The third kappa shape index (κ3) is 2.64. The van der Waals surface area contributed by atoms with Gasteiger partial charge in [-0.3, -0.25) is 0 Å². The molecular weight excluding hydrogens is 224 g/mol. The van der Waals surface area contributed by atoms with Crippen molar-refractivity contribution in [1.29, 1.82) is 0 Å². The van der Waals surface area contributed by atoms with E-state index in [0.717, 1.165) is 11.6 Å². The number of nitrogens with two attached hydrogens (primary N) is 1. The van der Waals surface area contributed by atoms with Crippen LogP contribution < -0.4 is 11.3 Å². The van der Waals surface area contributed by atoms with Crippen LogP contribution in [0.3, 0.4) is 0 Å². The van der Waals surface area contributed by atoms with Gasteiger partial charge in [0.05, 0.1) is 0 Å². The lowest BCUT2D eigenvalue weighted by Crippen LogP contribution is -2.13. The van der Waals surface area contributed by atoms with Gasteiger partial charge >= 0.3 is 0 Å². The number of nitrogen functional groups attached to an aromatic ring is 1. The Morgan fingerprint density at radius 3 is 2.28 bits per heavy atom. The second-order valence-electron chi connectivity index (χ2n) is 5.64. The van der Waals surface area contributed by atoms with Crippen molar-refractivity contribution < 1.29 is 0 Å². The van der Waals surface area contributed by atoms with E-state index in [9.17, 15) is 0 Å². The molecule has 4 heteroatoms. The molecule has 0 atom stereocenters. The number of nitrogens with one attached hydrogen (secondary N) is 1. The zero-order valence-corrected chi connectivity index (χ0v) is 10.9. The number of hydrogen-bond donors (Lipinski definition) is 2. The molecule has 0 aromatic carbocycles. The van der Waals surface area contributed by atoms with Gasteiger partial charge < -0.3 is 5.43 Å². The second-order valence-corrected chi connectivity index (χ2v) is 5.64. The Morgan fingerprint density at radius 1 is 0.944 bits per heavy atom. The Kier molecular flexibility index (Phi) is 3.46. The molecule has 2 aliphatic carbocycles. The number of hydrogen-bond acceptors (Lipinski definition) is 4. The van der Waals surface area contributed by atoms with Crippen LogP contribution in [0.15, 0.2) is 6.07 Å². The van der Waals surface area contributed by atoms with E-state index in [1.807, 2.05) is 6.07 Å². The smallest absolute Gasteiger partial charge is 0.143 e. The van der Waals surface area contributed by atoms with Gasteiger partial charge in [0.1, 0.15) is 11.6 Å². The topological polar surface area (TPSA) is 63.8 Å². The lowest BCUT2D eigenvalue weighted by molar-refractivity contribution is 0.558. The summed E-state index contributed by atoms with van der Waals surface area (Å²) >= 11 is 0. The van der Waals surface area contributed by atoms with Gasteiger partial charge in [0, 0.05) is 23.6 Å². The average Bonchev–Trinajstić information content (AvgIpc) is 3.24. The molecule has 0 bridgehead atoms. The van der Waals surface area contributed by atoms with Crippen LogP contribution in [-0.2, 0) is 0 Å². The summed E-state index contributed by atoms with van der Waals surface area (Å²) in [6, 6.07) is 2.01. The normalized spacial score (nSPS) is 21.6. The first kappa shape index (κ1) is 11.9. The maximum absolute atomic E-state index is 5.53. The van der Waals surface area contributed by atoms with Gasteiger partial charge in [0.2, 0.25) is 0 Å². The van der Waals surface area contributed by atoms with E-state index in [1.54, 1.807) is 0 Å². The Balaban J connectivity index is 1.86. The quantitative estimate of drug-likeness (QED) is 0.489. The number of hydrazine groups is 1. The number of anilines is 1. The Bertz CT molecular complexity index is 406. The molecule has 0 amide bonds. The molecule has 0 radical (unpaired) electrons. The summed E-state index contributed by atoms with van der Waals surface area (Å²) in [6.07, 6.45) is 10.4.